The highest BCUT2D eigenvalue weighted by Gasteiger charge is 2.31. The molecule has 0 spiro atoms. The molecule has 2 heterocycles. The van der Waals surface area contributed by atoms with E-state index in [4.69, 9.17) is 9.47 Å². The number of ether oxygens (including phenoxy) is 2. The molecule has 0 atom stereocenters. The van der Waals surface area contributed by atoms with Crippen LogP contribution in [-0.4, -0.2) is 46.4 Å². The van der Waals surface area contributed by atoms with Crippen molar-refractivity contribution in [3.8, 4) is 5.88 Å². The van der Waals surface area contributed by atoms with Crippen LogP contribution in [0.25, 0.3) is 0 Å². The largest absolute Gasteiger partial charge is 0.498 e. The predicted octanol–water partition coefficient (Wildman–Crippen LogP) is 3.81. The van der Waals surface area contributed by atoms with E-state index in [9.17, 15) is 23.1 Å². The van der Waals surface area contributed by atoms with Crippen molar-refractivity contribution in [3.05, 3.63) is 54.1 Å². The first-order valence-corrected chi connectivity index (χ1v) is 11.2. The van der Waals surface area contributed by atoms with Crippen molar-refractivity contribution < 1.29 is 32.5 Å². The number of aliphatic hydroxyl groups excluding tert-OH is 1. The number of carbonyl (C=O) groups is 1. The standard InChI is InChI=1S/C23H26F3N5O4/c24-23(25,26)16-11-15(14-32)12-18(13-16)29-22(33)28-17-1-3-19(4-2-17)35-20-5-6-27-21(30-20)31-7-9-34-10-8-31/h5-7,9,11-13,17,19,32H,1-4,8,10,14H2,(H2,28,29,33). The Kier molecular flexibility index (Phi) is 7.59. The normalized spacial score (nSPS) is 20.2. The van der Waals surface area contributed by atoms with Crippen LogP contribution in [0.5, 0.6) is 5.88 Å². The molecule has 2 aromatic rings. The van der Waals surface area contributed by atoms with Crippen LogP contribution >= 0.6 is 0 Å². The molecule has 12 heteroatoms. The number of anilines is 2. The summed E-state index contributed by atoms with van der Waals surface area (Å²) in [6.07, 6.45) is 2.97. The maximum absolute atomic E-state index is 13.1. The van der Waals surface area contributed by atoms with Gasteiger partial charge in [0.25, 0.3) is 0 Å². The van der Waals surface area contributed by atoms with Crippen LogP contribution in [0.3, 0.4) is 0 Å². The van der Waals surface area contributed by atoms with E-state index in [1.807, 2.05) is 4.90 Å². The Hall–Kier alpha value is -3.54. The van der Waals surface area contributed by atoms with Gasteiger partial charge in [0.15, 0.2) is 0 Å². The summed E-state index contributed by atoms with van der Waals surface area (Å²) < 4.78 is 50.4. The van der Waals surface area contributed by atoms with Crippen LogP contribution in [0.4, 0.5) is 29.6 Å². The highest BCUT2D eigenvalue weighted by atomic mass is 19.4. The third-order valence-corrected chi connectivity index (χ3v) is 5.72. The average Bonchev–Trinajstić information content (AvgIpc) is 2.85. The van der Waals surface area contributed by atoms with Gasteiger partial charge in [0.1, 0.15) is 12.7 Å². The molecule has 0 unspecified atom stereocenters. The van der Waals surface area contributed by atoms with Gasteiger partial charge in [0, 0.05) is 30.2 Å². The van der Waals surface area contributed by atoms with E-state index in [1.165, 1.54) is 6.07 Å². The molecule has 1 fully saturated rings. The second-order valence-corrected chi connectivity index (χ2v) is 8.31. The summed E-state index contributed by atoms with van der Waals surface area (Å²) in [5.74, 6) is 0.987. The van der Waals surface area contributed by atoms with Crippen LogP contribution in [-0.2, 0) is 17.5 Å². The third-order valence-electron chi connectivity index (χ3n) is 5.72. The maximum atomic E-state index is 13.1. The lowest BCUT2D eigenvalue weighted by Crippen LogP contribution is -2.41. The van der Waals surface area contributed by atoms with Crippen LogP contribution in [0.15, 0.2) is 42.9 Å². The first kappa shape index (κ1) is 24.6. The molecular formula is C23H26F3N5O4. The molecule has 0 bridgehead atoms. The summed E-state index contributed by atoms with van der Waals surface area (Å²) in [7, 11) is 0. The summed E-state index contributed by atoms with van der Waals surface area (Å²) in [5.41, 5.74) is -0.909. The molecule has 188 valence electrons. The number of alkyl halides is 3. The number of hydrogen-bond acceptors (Lipinski definition) is 7. The van der Waals surface area contributed by atoms with Crippen molar-refractivity contribution in [1.82, 2.24) is 15.3 Å². The van der Waals surface area contributed by atoms with E-state index in [1.54, 1.807) is 24.7 Å². The molecule has 2 amide bonds. The minimum Gasteiger partial charge on any atom is -0.498 e. The lowest BCUT2D eigenvalue weighted by molar-refractivity contribution is -0.137. The van der Waals surface area contributed by atoms with Crippen LogP contribution in [0.2, 0.25) is 0 Å². The van der Waals surface area contributed by atoms with Gasteiger partial charge in [0.05, 0.1) is 25.0 Å². The number of nitrogens with one attached hydrogen (secondary N) is 2. The minimum absolute atomic E-state index is 0.0342. The number of carbonyl (C=O) groups excluding carboxylic acids is 1. The van der Waals surface area contributed by atoms with Crippen molar-refractivity contribution in [1.29, 1.82) is 0 Å². The summed E-state index contributed by atoms with van der Waals surface area (Å²) >= 11 is 0. The number of rotatable bonds is 6. The Balaban J connectivity index is 1.27. The number of urea groups is 1. The topological polar surface area (TPSA) is 109 Å². The van der Waals surface area contributed by atoms with Gasteiger partial charge in [-0.15, -0.1) is 0 Å². The van der Waals surface area contributed by atoms with Crippen molar-refractivity contribution in [2.45, 2.75) is 50.6 Å². The zero-order valence-electron chi connectivity index (χ0n) is 18.8. The maximum Gasteiger partial charge on any atom is 0.416 e. The molecule has 1 aromatic carbocycles. The molecule has 0 radical (unpaired) electrons. The van der Waals surface area contributed by atoms with Gasteiger partial charge in [-0.25, -0.2) is 9.78 Å². The van der Waals surface area contributed by atoms with Crippen LogP contribution in [0.1, 0.15) is 36.8 Å². The van der Waals surface area contributed by atoms with Gasteiger partial charge < -0.3 is 30.1 Å². The van der Waals surface area contributed by atoms with E-state index < -0.39 is 24.4 Å². The number of hydrogen-bond donors (Lipinski definition) is 3. The molecule has 1 aliphatic carbocycles. The second kappa shape index (κ2) is 10.8. The predicted molar refractivity (Wildman–Crippen MR) is 121 cm³/mol. The molecule has 3 N–H and O–H groups in total. The quantitative estimate of drug-likeness (QED) is 0.562. The number of nitrogens with zero attached hydrogens (tertiary/aromatic N) is 3. The number of benzene rings is 1. The molecule has 35 heavy (non-hydrogen) atoms. The Morgan fingerprint density at radius 3 is 2.71 bits per heavy atom. The fourth-order valence-corrected chi connectivity index (χ4v) is 3.98. The Morgan fingerprint density at radius 2 is 2.03 bits per heavy atom. The first-order chi connectivity index (χ1) is 16.8. The molecule has 1 saturated carbocycles. The SMILES string of the molecule is O=C(Nc1cc(CO)cc(C(F)(F)F)c1)NC1CCC(Oc2ccnc(N3C=COCC3)n2)CC1. The Labute approximate surface area is 200 Å². The van der Waals surface area contributed by atoms with Gasteiger partial charge in [-0.2, -0.15) is 18.2 Å². The van der Waals surface area contributed by atoms with Gasteiger partial charge in [-0.05, 0) is 49.4 Å². The average molecular weight is 493 g/mol. The lowest BCUT2D eigenvalue weighted by atomic mass is 9.93. The van der Waals surface area contributed by atoms with E-state index in [0.29, 0.717) is 50.7 Å². The summed E-state index contributed by atoms with van der Waals surface area (Å²) in [4.78, 5) is 22.9. The molecule has 1 aromatic heterocycles. The number of aromatic nitrogens is 2. The van der Waals surface area contributed by atoms with E-state index in [-0.39, 0.29) is 23.4 Å². The molecule has 0 saturated heterocycles. The number of halogens is 3. The zero-order valence-corrected chi connectivity index (χ0v) is 18.8. The molecule has 9 nitrogen and oxygen atoms in total. The summed E-state index contributed by atoms with van der Waals surface area (Å²) in [6, 6.07) is 3.95. The van der Waals surface area contributed by atoms with Crippen LogP contribution in [0, 0.1) is 0 Å². The van der Waals surface area contributed by atoms with E-state index >= 15 is 0 Å². The van der Waals surface area contributed by atoms with Gasteiger partial charge in [-0.1, -0.05) is 0 Å². The van der Waals surface area contributed by atoms with Gasteiger partial charge >= 0.3 is 12.2 Å². The van der Waals surface area contributed by atoms with Crippen LogP contribution < -0.4 is 20.3 Å². The third kappa shape index (κ3) is 6.75. The second-order valence-electron chi connectivity index (χ2n) is 8.31. The Morgan fingerprint density at radius 1 is 1.23 bits per heavy atom. The van der Waals surface area contributed by atoms with Crippen molar-refractivity contribution in [2.24, 2.45) is 0 Å². The highest BCUT2D eigenvalue weighted by Crippen LogP contribution is 2.32. The van der Waals surface area contributed by atoms with Crippen molar-refractivity contribution in [3.63, 3.8) is 0 Å². The monoisotopic (exact) mass is 493 g/mol. The Bertz CT molecular complexity index is 1060. The number of aliphatic hydroxyl groups is 1. The molecular weight excluding hydrogens is 467 g/mol. The van der Waals surface area contributed by atoms with E-state index in [2.05, 4.69) is 20.6 Å². The minimum atomic E-state index is -4.58. The molecule has 4 rings (SSSR count). The zero-order chi connectivity index (χ0) is 24.8. The van der Waals surface area contributed by atoms with Gasteiger partial charge in [-0.3, -0.25) is 0 Å². The van der Waals surface area contributed by atoms with Gasteiger partial charge in [0.2, 0.25) is 11.8 Å². The van der Waals surface area contributed by atoms with Crippen molar-refractivity contribution in [2.75, 3.05) is 23.4 Å². The smallest absolute Gasteiger partial charge is 0.416 e. The summed E-state index contributed by atoms with van der Waals surface area (Å²) in [6.45, 7) is 0.619. The highest BCUT2D eigenvalue weighted by molar-refractivity contribution is 5.89. The number of amides is 2. The van der Waals surface area contributed by atoms with E-state index in [0.717, 1.165) is 12.1 Å². The molecule has 2 aliphatic rings. The summed E-state index contributed by atoms with van der Waals surface area (Å²) in [5, 5.41) is 14.5. The lowest BCUT2D eigenvalue weighted by Gasteiger charge is -2.29. The fourth-order valence-electron chi connectivity index (χ4n) is 3.98. The fraction of sp³-hybridized carbons (Fsp3) is 0.435. The van der Waals surface area contributed by atoms with Crippen molar-refractivity contribution >= 4 is 17.7 Å². The molecule has 1 aliphatic heterocycles. The first-order valence-electron chi connectivity index (χ1n) is 11.2.